The van der Waals surface area contributed by atoms with Gasteiger partial charge in [0.25, 0.3) is 0 Å². The predicted molar refractivity (Wildman–Crippen MR) is 72.9 cm³/mol. The van der Waals surface area contributed by atoms with Gasteiger partial charge in [-0.15, -0.1) is 10.2 Å². The number of nitrogen functional groups attached to an aromatic ring is 1. The standard InChI is InChI=1S/C12H8Cl2N4/c13-8-3-1-7(2-4-8)11-16-17-12-9(15)5-6-10(14)18(11)12/h1-6H,15H2. The molecule has 3 aromatic rings. The first-order valence-corrected chi connectivity index (χ1v) is 5.97. The summed E-state index contributed by atoms with van der Waals surface area (Å²) in [6.07, 6.45) is 0. The van der Waals surface area contributed by atoms with Crippen molar-refractivity contribution in [1.29, 1.82) is 0 Å². The third-order valence-electron chi connectivity index (χ3n) is 2.64. The molecular formula is C12H8Cl2N4. The van der Waals surface area contributed by atoms with Crippen molar-refractivity contribution >= 4 is 34.5 Å². The minimum atomic E-state index is 0.508. The Kier molecular flexibility index (Phi) is 2.61. The van der Waals surface area contributed by atoms with Crippen molar-refractivity contribution in [2.24, 2.45) is 0 Å². The van der Waals surface area contributed by atoms with E-state index in [1.54, 1.807) is 28.7 Å². The number of rotatable bonds is 1. The topological polar surface area (TPSA) is 56.2 Å². The molecule has 0 unspecified atom stereocenters. The summed E-state index contributed by atoms with van der Waals surface area (Å²) in [5.74, 6) is 0.638. The summed E-state index contributed by atoms with van der Waals surface area (Å²) >= 11 is 12.0. The first-order valence-electron chi connectivity index (χ1n) is 5.22. The Bertz CT molecular complexity index is 719. The molecule has 0 radical (unpaired) electrons. The van der Waals surface area contributed by atoms with Crippen LogP contribution in [0.3, 0.4) is 0 Å². The highest BCUT2D eigenvalue weighted by molar-refractivity contribution is 6.30. The van der Waals surface area contributed by atoms with Gasteiger partial charge in [0.1, 0.15) is 5.15 Å². The van der Waals surface area contributed by atoms with Crippen LogP contribution in [0.2, 0.25) is 10.2 Å². The number of halogens is 2. The lowest BCUT2D eigenvalue weighted by molar-refractivity contribution is 1.11. The Hall–Kier alpha value is -1.78. The molecule has 6 heteroatoms. The molecule has 90 valence electrons. The minimum absolute atomic E-state index is 0.508. The van der Waals surface area contributed by atoms with Crippen LogP contribution in [0.1, 0.15) is 0 Å². The molecule has 0 saturated heterocycles. The molecule has 0 aliphatic rings. The van der Waals surface area contributed by atoms with Crippen LogP contribution in [0, 0.1) is 0 Å². The van der Waals surface area contributed by atoms with Crippen LogP contribution in [-0.4, -0.2) is 14.6 Å². The number of aromatic nitrogens is 3. The third-order valence-corrected chi connectivity index (χ3v) is 3.18. The Morgan fingerprint density at radius 3 is 2.39 bits per heavy atom. The number of hydrogen-bond acceptors (Lipinski definition) is 3. The van der Waals surface area contributed by atoms with Gasteiger partial charge in [-0.05, 0) is 36.4 Å². The van der Waals surface area contributed by atoms with Gasteiger partial charge in [-0.3, -0.25) is 4.40 Å². The molecule has 2 aromatic heterocycles. The maximum absolute atomic E-state index is 6.16. The molecule has 0 amide bonds. The normalized spacial score (nSPS) is 11.0. The molecule has 0 fully saturated rings. The predicted octanol–water partition coefficient (Wildman–Crippen LogP) is 3.29. The van der Waals surface area contributed by atoms with Gasteiger partial charge in [0, 0.05) is 10.6 Å². The summed E-state index contributed by atoms with van der Waals surface area (Å²) in [5.41, 5.74) is 7.79. The molecule has 0 bridgehead atoms. The van der Waals surface area contributed by atoms with Crippen LogP contribution >= 0.6 is 23.2 Å². The molecule has 2 heterocycles. The zero-order valence-electron chi connectivity index (χ0n) is 9.14. The van der Waals surface area contributed by atoms with Crippen molar-refractivity contribution in [3.8, 4) is 11.4 Å². The second-order valence-corrected chi connectivity index (χ2v) is 4.62. The molecule has 0 aliphatic heterocycles. The minimum Gasteiger partial charge on any atom is -0.396 e. The molecule has 18 heavy (non-hydrogen) atoms. The highest BCUT2D eigenvalue weighted by Crippen LogP contribution is 2.26. The van der Waals surface area contributed by atoms with Gasteiger partial charge in [0.2, 0.25) is 0 Å². The summed E-state index contributed by atoms with van der Waals surface area (Å²) in [6.45, 7) is 0. The highest BCUT2D eigenvalue weighted by atomic mass is 35.5. The SMILES string of the molecule is Nc1ccc(Cl)n2c(-c3ccc(Cl)cc3)nnc12. The summed E-state index contributed by atoms with van der Waals surface area (Å²) in [4.78, 5) is 0. The molecular weight excluding hydrogens is 271 g/mol. The first kappa shape index (κ1) is 11.3. The van der Waals surface area contributed by atoms with Gasteiger partial charge >= 0.3 is 0 Å². The lowest BCUT2D eigenvalue weighted by Gasteiger charge is -2.03. The van der Waals surface area contributed by atoms with E-state index in [0.29, 0.717) is 27.3 Å². The van der Waals surface area contributed by atoms with Crippen LogP contribution in [0.15, 0.2) is 36.4 Å². The fraction of sp³-hybridized carbons (Fsp3) is 0. The smallest absolute Gasteiger partial charge is 0.185 e. The van der Waals surface area contributed by atoms with E-state index >= 15 is 0 Å². The Morgan fingerprint density at radius 1 is 0.944 bits per heavy atom. The lowest BCUT2D eigenvalue weighted by Crippen LogP contribution is -1.95. The molecule has 1 aromatic carbocycles. The van der Waals surface area contributed by atoms with E-state index < -0.39 is 0 Å². The third kappa shape index (κ3) is 1.70. The summed E-state index contributed by atoms with van der Waals surface area (Å²) in [5, 5.41) is 9.34. The molecule has 2 N–H and O–H groups in total. The van der Waals surface area contributed by atoms with E-state index in [1.165, 1.54) is 0 Å². The number of hydrogen-bond donors (Lipinski definition) is 1. The van der Waals surface area contributed by atoms with E-state index in [4.69, 9.17) is 28.9 Å². The fourth-order valence-electron chi connectivity index (χ4n) is 1.77. The number of nitrogens with two attached hydrogens (primary N) is 1. The van der Waals surface area contributed by atoms with E-state index in [9.17, 15) is 0 Å². The fourth-order valence-corrected chi connectivity index (χ4v) is 2.12. The van der Waals surface area contributed by atoms with Crippen LogP contribution in [-0.2, 0) is 0 Å². The van der Waals surface area contributed by atoms with Crippen LogP contribution < -0.4 is 5.73 Å². The van der Waals surface area contributed by atoms with E-state index in [-0.39, 0.29) is 0 Å². The van der Waals surface area contributed by atoms with Gasteiger partial charge in [0.15, 0.2) is 11.5 Å². The van der Waals surface area contributed by atoms with Gasteiger partial charge < -0.3 is 5.73 Å². The largest absolute Gasteiger partial charge is 0.396 e. The van der Waals surface area contributed by atoms with Gasteiger partial charge in [-0.1, -0.05) is 23.2 Å². The van der Waals surface area contributed by atoms with Crippen LogP contribution in [0.25, 0.3) is 17.0 Å². The zero-order chi connectivity index (χ0) is 12.7. The van der Waals surface area contributed by atoms with E-state index in [1.807, 2.05) is 12.1 Å². The Morgan fingerprint density at radius 2 is 1.67 bits per heavy atom. The van der Waals surface area contributed by atoms with Crippen molar-refractivity contribution in [3.05, 3.63) is 46.6 Å². The molecule has 0 saturated carbocycles. The number of nitrogens with zero attached hydrogens (tertiary/aromatic N) is 3. The van der Waals surface area contributed by atoms with Crippen molar-refractivity contribution in [2.45, 2.75) is 0 Å². The average molecular weight is 279 g/mol. The monoisotopic (exact) mass is 278 g/mol. The number of anilines is 1. The Balaban J connectivity index is 2.30. The van der Waals surface area contributed by atoms with E-state index in [2.05, 4.69) is 10.2 Å². The summed E-state index contributed by atoms with van der Waals surface area (Å²) in [7, 11) is 0. The maximum Gasteiger partial charge on any atom is 0.185 e. The van der Waals surface area contributed by atoms with Crippen molar-refractivity contribution in [1.82, 2.24) is 14.6 Å². The summed E-state index contributed by atoms with van der Waals surface area (Å²) < 4.78 is 1.71. The van der Waals surface area contributed by atoms with Crippen molar-refractivity contribution in [3.63, 3.8) is 0 Å². The maximum atomic E-state index is 6.16. The number of fused-ring (bicyclic) bond motifs is 1. The molecule has 0 atom stereocenters. The second-order valence-electron chi connectivity index (χ2n) is 3.80. The highest BCUT2D eigenvalue weighted by Gasteiger charge is 2.12. The number of benzene rings is 1. The van der Waals surface area contributed by atoms with Gasteiger partial charge in [-0.2, -0.15) is 0 Å². The first-order chi connectivity index (χ1) is 8.66. The Labute approximate surface area is 113 Å². The molecule has 3 rings (SSSR count). The van der Waals surface area contributed by atoms with Gasteiger partial charge in [0.05, 0.1) is 5.69 Å². The second kappa shape index (κ2) is 4.15. The van der Waals surface area contributed by atoms with E-state index in [0.717, 1.165) is 5.56 Å². The molecule has 0 aliphatic carbocycles. The van der Waals surface area contributed by atoms with Crippen LogP contribution in [0.5, 0.6) is 0 Å². The van der Waals surface area contributed by atoms with Crippen LogP contribution in [0.4, 0.5) is 5.69 Å². The molecule has 4 nitrogen and oxygen atoms in total. The van der Waals surface area contributed by atoms with Crippen molar-refractivity contribution < 1.29 is 0 Å². The van der Waals surface area contributed by atoms with Crippen molar-refractivity contribution in [2.75, 3.05) is 5.73 Å². The lowest BCUT2D eigenvalue weighted by atomic mass is 10.2. The van der Waals surface area contributed by atoms with Gasteiger partial charge in [-0.25, -0.2) is 0 Å². The molecule has 0 spiro atoms. The zero-order valence-corrected chi connectivity index (χ0v) is 10.7. The summed E-state index contributed by atoms with van der Waals surface area (Å²) in [6, 6.07) is 10.7. The quantitative estimate of drug-likeness (QED) is 0.695. The average Bonchev–Trinajstić information content (AvgIpc) is 2.81. The number of pyridine rings is 1.